The van der Waals surface area contributed by atoms with Crippen molar-refractivity contribution in [1.82, 2.24) is 10.3 Å². The molecule has 1 amide bonds. The van der Waals surface area contributed by atoms with Gasteiger partial charge in [0.1, 0.15) is 0 Å². The van der Waals surface area contributed by atoms with E-state index in [0.717, 1.165) is 5.69 Å². The lowest BCUT2D eigenvalue weighted by atomic mass is 10.1. The quantitative estimate of drug-likeness (QED) is 0.800. The molecule has 0 bridgehead atoms. The first-order valence-corrected chi connectivity index (χ1v) is 5.90. The molecule has 5 nitrogen and oxygen atoms in total. The molecule has 0 aliphatic carbocycles. The third-order valence-corrected chi connectivity index (χ3v) is 2.50. The molecule has 1 unspecified atom stereocenters. The lowest BCUT2D eigenvalue weighted by Crippen LogP contribution is -2.29. The number of nitrogens with two attached hydrogens (primary N) is 1. The average Bonchev–Trinajstić information content (AvgIpc) is 2.25. The van der Waals surface area contributed by atoms with E-state index < -0.39 is 0 Å². The molecule has 6 heteroatoms. The molecule has 1 aromatic heterocycles. The van der Waals surface area contributed by atoms with E-state index in [4.69, 9.17) is 5.73 Å². The molecule has 3 N–H and O–H groups in total. The second-order valence-corrected chi connectivity index (χ2v) is 4.45. The summed E-state index contributed by atoms with van der Waals surface area (Å²) in [6.45, 7) is 5.42. The number of rotatable bonds is 5. The Morgan fingerprint density at radius 1 is 1.42 bits per heavy atom. The van der Waals surface area contributed by atoms with Crippen LogP contribution in [-0.4, -0.2) is 22.7 Å². The van der Waals surface area contributed by atoms with E-state index in [0.29, 0.717) is 24.2 Å². The first kappa shape index (κ1) is 17.5. The fourth-order valence-electron chi connectivity index (χ4n) is 1.64. The summed E-state index contributed by atoms with van der Waals surface area (Å²) < 4.78 is 0. The maximum absolute atomic E-state index is 11.4. The zero-order valence-electron chi connectivity index (χ0n) is 11.4. The third kappa shape index (κ3) is 5.81. The van der Waals surface area contributed by atoms with Gasteiger partial charge in [0.2, 0.25) is 5.91 Å². The number of carbonyl (C=O) groups is 2. The molecule has 0 spiro atoms. The highest BCUT2D eigenvalue weighted by atomic mass is 35.5. The summed E-state index contributed by atoms with van der Waals surface area (Å²) in [5.74, 6) is -0.104. The number of ketones is 1. The van der Waals surface area contributed by atoms with Crippen molar-refractivity contribution < 1.29 is 9.59 Å². The van der Waals surface area contributed by atoms with E-state index >= 15 is 0 Å². The van der Waals surface area contributed by atoms with Gasteiger partial charge in [-0.1, -0.05) is 0 Å². The molecule has 1 aromatic rings. The Hall–Kier alpha value is -1.46. The van der Waals surface area contributed by atoms with Crippen molar-refractivity contribution in [3.63, 3.8) is 0 Å². The lowest BCUT2D eigenvalue weighted by Gasteiger charge is -2.08. The number of hydrogen-bond donors (Lipinski definition) is 2. The van der Waals surface area contributed by atoms with E-state index in [-0.39, 0.29) is 30.1 Å². The molecule has 1 rings (SSSR count). The average molecular weight is 286 g/mol. The van der Waals surface area contributed by atoms with Crippen LogP contribution in [0, 0.1) is 6.92 Å². The Morgan fingerprint density at radius 3 is 2.53 bits per heavy atom. The van der Waals surface area contributed by atoms with Crippen LogP contribution in [0.15, 0.2) is 12.1 Å². The predicted molar refractivity (Wildman–Crippen MR) is 76.3 cm³/mol. The minimum Gasteiger partial charge on any atom is -0.350 e. The summed E-state index contributed by atoms with van der Waals surface area (Å²) in [7, 11) is 0. The zero-order chi connectivity index (χ0) is 13.7. The number of aromatic nitrogens is 1. The van der Waals surface area contributed by atoms with Gasteiger partial charge in [0.25, 0.3) is 0 Å². The Balaban J connectivity index is 0.00000324. The van der Waals surface area contributed by atoms with Gasteiger partial charge >= 0.3 is 0 Å². The summed E-state index contributed by atoms with van der Waals surface area (Å²) in [5.41, 5.74) is 7.55. The van der Waals surface area contributed by atoms with E-state index in [1.165, 1.54) is 6.92 Å². The summed E-state index contributed by atoms with van der Waals surface area (Å²) >= 11 is 0. The van der Waals surface area contributed by atoms with Gasteiger partial charge in [0, 0.05) is 23.7 Å². The number of amides is 1. The molecular weight excluding hydrogens is 266 g/mol. The first-order chi connectivity index (χ1) is 8.40. The number of carbonyl (C=O) groups excluding carboxylic acids is 2. The first-order valence-electron chi connectivity index (χ1n) is 5.90. The molecule has 0 aliphatic rings. The Morgan fingerprint density at radius 2 is 2.05 bits per heavy atom. The van der Waals surface area contributed by atoms with Crippen LogP contribution in [0.2, 0.25) is 0 Å². The van der Waals surface area contributed by atoms with Crippen LogP contribution < -0.4 is 11.1 Å². The van der Waals surface area contributed by atoms with Crippen molar-refractivity contribution in [2.75, 3.05) is 0 Å². The van der Waals surface area contributed by atoms with Gasteiger partial charge in [-0.2, -0.15) is 0 Å². The van der Waals surface area contributed by atoms with E-state index in [2.05, 4.69) is 10.3 Å². The van der Waals surface area contributed by atoms with Gasteiger partial charge < -0.3 is 11.1 Å². The van der Waals surface area contributed by atoms with Crippen LogP contribution in [0.4, 0.5) is 0 Å². The van der Waals surface area contributed by atoms with Crippen LogP contribution in [0.5, 0.6) is 0 Å². The zero-order valence-corrected chi connectivity index (χ0v) is 12.2. The molecule has 0 saturated carbocycles. The van der Waals surface area contributed by atoms with Gasteiger partial charge in [0.05, 0.1) is 12.2 Å². The number of Topliss-reactive ketones (excluding diaryl/α,β-unsaturated/α-hetero) is 1. The second-order valence-electron chi connectivity index (χ2n) is 4.45. The topological polar surface area (TPSA) is 85.1 Å². The summed E-state index contributed by atoms with van der Waals surface area (Å²) in [5, 5.41) is 2.74. The fraction of sp³-hybridized carbons (Fsp3) is 0.462. The SMILES string of the molecule is CC(=O)c1ccc(CNC(=O)CC(C)N)nc1C.Cl. The normalized spacial score (nSPS) is 11.4. The minimum atomic E-state index is -0.153. The number of aryl methyl sites for hydroxylation is 1. The summed E-state index contributed by atoms with van der Waals surface area (Å²) in [4.78, 5) is 26.9. The molecule has 0 fully saturated rings. The highest BCUT2D eigenvalue weighted by Gasteiger charge is 2.08. The van der Waals surface area contributed by atoms with Gasteiger partial charge in [-0.15, -0.1) is 12.4 Å². The van der Waals surface area contributed by atoms with Crippen molar-refractivity contribution in [2.24, 2.45) is 5.73 Å². The smallest absolute Gasteiger partial charge is 0.221 e. The fourth-order valence-corrected chi connectivity index (χ4v) is 1.64. The maximum Gasteiger partial charge on any atom is 0.221 e. The molecule has 0 aromatic carbocycles. The largest absolute Gasteiger partial charge is 0.350 e. The number of halogens is 1. The number of hydrogen-bond acceptors (Lipinski definition) is 4. The predicted octanol–water partition coefficient (Wildman–Crippen LogP) is 1.37. The van der Waals surface area contributed by atoms with Crippen LogP contribution in [-0.2, 0) is 11.3 Å². The number of nitrogens with zero attached hydrogens (tertiary/aromatic N) is 1. The Kier molecular flexibility index (Phi) is 7.26. The highest BCUT2D eigenvalue weighted by Crippen LogP contribution is 2.07. The molecule has 1 atom stereocenters. The maximum atomic E-state index is 11.4. The van der Waals surface area contributed by atoms with Crippen molar-refractivity contribution in [3.8, 4) is 0 Å². The molecule has 0 aliphatic heterocycles. The third-order valence-electron chi connectivity index (χ3n) is 2.50. The van der Waals surface area contributed by atoms with Crippen molar-refractivity contribution >= 4 is 24.1 Å². The monoisotopic (exact) mass is 285 g/mol. The van der Waals surface area contributed by atoms with Gasteiger partial charge in [0.15, 0.2) is 5.78 Å². The summed E-state index contributed by atoms with van der Waals surface area (Å²) in [6, 6.07) is 3.33. The highest BCUT2D eigenvalue weighted by molar-refractivity contribution is 5.95. The molecule has 0 saturated heterocycles. The van der Waals surface area contributed by atoms with Crippen molar-refractivity contribution in [3.05, 3.63) is 29.1 Å². The Labute approximate surface area is 119 Å². The van der Waals surface area contributed by atoms with Crippen LogP contribution in [0.3, 0.4) is 0 Å². The van der Waals surface area contributed by atoms with Crippen LogP contribution >= 0.6 is 12.4 Å². The van der Waals surface area contributed by atoms with Crippen molar-refractivity contribution in [2.45, 2.75) is 39.8 Å². The van der Waals surface area contributed by atoms with Gasteiger partial charge in [-0.05, 0) is 32.9 Å². The second kappa shape index (κ2) is 7.86. The molecule has 0 radical (unpaired) electrons. The van der Waals surface area contributed by atoms with Crippen LogP contribution in [0.1, 0.15) is 42.0 Å². The van der Waals surface area contributed by atoms with Gasteiger partial charge in [-0.3, -0.25) is 14.6 Å². The number of pyridine rings is 1. The van der Waals surface area contributed by atoms with E-state index in [1.54, 1.807) is 26.0 Å². The van der Waals surface area contributed by atoms with Crippen LogP contribution in [0.25, 0.3) is 0 Å². The standard InChI is InChI=1S/C13H19N3O2.ClH/c1-8(14)6-13(18)15-7-11-4-5-12(10(3)17)9(2)16-11;/h4-5,8H,6-7,14H2,1-3H3,(H,15,18);1H. The minimum absolute atomic E-state index is 0. The summed E-state index contributed by atoms with van der Waals surface area (Å²) in [6.07, 6.45) is 0.296. The molecule has 106 valence electrons. The van der Waals surface area contributed by atoms with Crippen molar-refractivity contribution in [1.29, 1.82) is 0 Å². The van der Waals surface area contributed by atoms with Gasteiger partial charge in [-0.25, -0.2) is 0 Å². The lowest BCUT2D eigenvalue weighted by molar-refractivity contribution is -0.121. The van der Waals surface area contributed by atoms with E-state index in [9.17, 15) is 9.59 Å². The number of nitrogens with one attached hydrogen (secondary N) is 1. The molecular formula is C13H20ClN3O2. The molecule has 1 heterocycles. The Bertz CT molecular complexity index is 461. The van der Waals surface area contributed by atoms with E-state index in [1.807, 2.05) is 0 Å². The molecule has 19 heavy (non-hydrogen) atoms.